The van der Waals surface area contributed by atoms with Gasteiger partial charge in [-0.3, -0.25) is 4.79 Å². The van der Waals surface area contributed by atoms with E-state index >= 15 is 0 Å². The van der Waals surface area contributed by atoms with Gasteiger partial charge in [0.1, 0.15) is 5.75 Å². The maximum absolute atomic E-state index is 12.2. The van der Waals surface area contributed by atoms with Crippen LogP contribution in [0.2, 0.25) is 0 Å². The molecular formula is C18H28N2O4S. The minimum atomic E-state index is -3.13. The molecule has 1 aliphatic heterocycles. The highest BCUT2D eigenvalue weighted by Crippen LogP contribution is 2.16. The summed E-state index contributed by atoms with van der Waals surface area (Å²) in [6, 6.07) is 7.56. The van der Waals surface area contributed by atoms with E-state index < -0.39 is 10.0 Å². The molecule has 0 radical (unpaired) electrons. The Bertz CT molecular complexity index is 650. The highest BCUT2D eigenvalue weighted by Gasteiger charge is 2.27. The van der Waals surface area contributed by atoms with Crippen molar-refractivity contribution in [1.29, 1.82) is 0 Å². The molecule has 0 bridgehead atoms. The zero-order valence-electron chi connectivity index (χ0n) is 15.0. The third-order valence-electron chi connectivity index (χ3n) is 4.27. The van der Waals surface area contributed by atoms with Crippen LogP contribution in [-0.4, -0.2) is 50.1 Å². The summed E-state index contributed by atoms with van der Waals surface area (Å²) in [4.78, 5) is 12.2. The van der Waals surface area contributed by atoms with Crippen molar-refractivity contribution >= 4 is 15.9 Å². The van der Waals surface area contributed by atoms with Gasteiger partial charge in [-0.2, -0.15) is 0 Å². The number of nitrogens with zero attached hydrogens (tertiary/aromatic N) is 1. The minimum Gasteiger partial charge on any atom is -0.494 e. The Labute approximate surface area is 150 Å². The lowest BCUT2D eigenvalue weighted by atomic mass is 10.1. The average molecular weight is 368 g/mol. The van der Waals surface area contributed by atoms with Crippen molar-refractivity contribution < 1.29 is 17.9 Å². The Morgan fingerprint density at radius 3 is 2.40 bits per heavy atom. The van der Waals surface area contributed by atoms with E-state index in [1.54, 1.807) is 4.31 Å². The Morgan fingerprint density at radius 1 is 1.20 bits per heavy atom. The molecule has 0 spiro atoms. The normalized spacial score (nSPS) is 16.6. The SMILES string of the molecule is CCCS(=O)(=O)N1CCC(NC(=O)Cc2ccc(OCC)cc2)CC1. The van der Waals surface area contributed by atoms with Crippen LogP contribution < -0.4 is 10.1 Å². The molecule has 1 saturated heterocycles. The topological polar surface area (TPSA) is 75.7 Å². The molecule has 1 aromatic rings. The number of hydrogen-bond donors (Lipinski definition) is 1. The third kappa shape index (κ3) is 6.01. The quantitative estimate of drug-likeness (QED) is 0.761. The first kappa shape index (κ1) is 19.7. The van der Waals surface area contributed by atoms with Gasteiger partial charge in [-0.05, 0) is 43.9 Å². The molecule has 0 atom stereocenters. The lowest BCUT2D eigenvalue weighted by molar-refractivity contribution is -0.121. The Hall–Kier alpha value is -1.60. The van der Waals surface area contributed by atoms with Gasteiger partial charge >= 0.3 is 0 Å². The average Bonchev–Trinajstić information content (AvgIpc) is 2.57. The van der Waals surface area contributed by atoms with Crippen LogP contribution in [0.15, 0.2) is 24.3 Å². The van der Waals surface area contributed by atoms with E-state index in [0.29, 0.717) is 45.4 Å². The molecule has 1 N–H and O–H groups in total. The highest BCUT2D eigenvalue weighted by molar-refractivity contribution is 7.89. The van der Waals surface area contributed by atoms with Crippen molar-refractivity contribution in [2.24, 2.45) is 0 Å². The Morgan fingerprint density at radius 2 is 1.84 bits per heavy atom. The number of benzene rings is 1. The summed E-state index contributed by atoms with van der Waals surface area (Å²) in [6.45, 7) is 5.38. The fraction of sp³-hybridized carbons (Fsp3) is 0.611. The zero-order chi connectivity index (χ0) is 18.3. The standard InChI is InChI=1S/C18H28N2O4S/c1-3-13-25(22,23)20-11-9-16(10-12-20)19-18(21)14-15-5-7-17(8-6-15)24-4-2/h5-8,16H,3-4,9-14H2,1-2H3,(H,19,21). The number of sulfonamides is 1. The van der Waals surface area contributed by atoms with Gasteiger partial charge in [0.2, 0.25) is 15.9 Å². The van der Waals surface area contributed by atoms with Crippen molar-refractivity contribution in [3.63, 3.8) is 0 Å². The molecule has 6 nitrogen and oxygen atoms in total. The molecule has 1 aliphatic rings. The smallest absolute Gasteiger partial charge is 0.224 e. The molecule has 1 aromatic carbocycles. The molecule has 2 rings (SSSR count). The summed E-state index contributed by atoms with van der Waals surface area (Å²) in [5.41, 5.74) is 0.934. The number of carbonyl (C=O) groups is 1. The van der Waals surface area contributed by atoms with E-state index in [-0.39, 0.29) is 17.7 Å². The second kappa shape index (κ2) is 9.20. The van der Waals surface area contributed by atoms with Gasteiger partial charge in [-0.15, -0.1) is 0 Å². The number of nitrogens with one attached hydrogen (secondary N) is 1. The Kier molecular flexibility index (Phi) is 7.25. The predicted octanol–water partition coefficient (Wildman–Crippen LogP) is 1.95. The number of piperidine rings is 1. The van der Waals surface area contributed by atoms with Crippen LogP contribution >= 0.6 is 0 Å². The van der Waals surface area contributed by atoms with Gasteiger partial charge in [-0.25, -0.2) is 12.7 Å². The molecule has 1 amide bonds. The minimum absolute atomic E-state index is 0.0287. The largest absolute Gasteiger partial charge is 0.494 e. The van der Waals surface area contributed by atoms with Crippen molar-refractivity contribution in [3.05, 3.63) is 29.8 Å². The fourth-order valence-electron chi connectivity index (χ4n) is 3.00. The van der Waals surface area contributed by atoms with E-state index in [0.717, 1.165) is 11.3 Å². The van der Waals surface area contributed by atoms with E-state index in [2.05, 4.69) is 5.32 Å². The molecular weight excluding hydrogens is 340 g/mol. The third-order valence-corrected chi connectivity index (χ3v) is 6.35. The van der Waals surface area contributed by atoms with Crippen LogP contribution in [0.1, 0.15) is 38.7 Å². The molecule has 140 valence electrons. The number of hydrogen-bond acceptors (Lipinski definition) is 4. The monoisotopic (exact) mass is 368 g/mol. The van der Waals surface area contributed by atoms with Crippen LogP contribution in [0.4, 0.5) is 0 Å². The van der Waals surface area contributed by atoms with Crippen LogP contribution in [0.3, 0.4) is 0 Å². The van der Waals surface area contributed by atoms with Crippen molar-refractivity contribution in [3.8, 4) is 5.75 Å². The lowest BCUT2D eigenvalue weighted by Gasteiger charge is -2.31. The number of ether oxygens (including phenoxy) is 1. The van der Waals surface area contributed by atoms with Gasteiger partial charge in [0.25, 0.3) is 0 Å². The van der Waals surface area contributed by atoms with Gasteiger partial charge in [-0.1, -0.05) is 19.1 Å². The van der Waals surface area contributed by atoms with Gasteiger partial charge in [0.15, 0.2) is 0 Å². The van der Waals surface area contributed by atoms with Crippen molar-refractivity contribution in [2.75, 3.05) is 25.4 Å². The summed E-state index contributed by atoms with van der Waals surface area (Å²) in [7, 11) is -3.13. The fourth-order valence-corrected chi connectivity index (χ4v) is 4.54. The first-order valence-corrected chi connectivity index (χ1v) is 10.5. The van der Waals surface area contributed by atoms with Crippen molar-refractivity contribution in [1.82, 2.24) is 9.62 Å². The lowest BCUT2D eigenvalue weighted by Crippen LogP contribution is -2.47. The summed E-state index contributed by atoms with van der Waals surface area (Å²) in [6.07, 6.45) is 2.28. The maximum Gasteiger partial charge on any atom is 0.224 e. The molecule has 0 unspecified atom stereocenters. The molecule has 1 fully saturated rings. The van der Waals surface area contributed by atoms with Gasteiger partial charge in [0, 0.05) is 19.1 Å². The molecule has 1 heterocycles. The predicted molar refractivity (Wildman–Crippen MR) is 98.1 cm³/mol. The van der Waals surface area contributed by atoms with E-state index in [1.165, 1.54) is 0 Å². The van der Waals surface area contributed by atoms with Gasteiger partial charge in [0.05, 0.1) is 18.8 Å². The molecule has 25 heavy (non-hydrogen) atoms. The highest BCUT2D eigenvalue weighted by atomic mass is 32.2. The van der Waals surface area contributed by atoms with Crippen LogP contribution in [0.25, 0.3) is 0 Å². The van der Waals surface area contributed by atoms with E-state index in [4.69, 9.17) is 4.74 Å². The zero-order valence-corrected chi connectivity index (χ0v) is 15.8. The maximum atomic E-state index is 12.2. The molecule has 0 aromatic heterocycles. The number of carbonyl (C=O) groups excluding carboxylic acids is 1. The molecule has 0 saturated carbocycles. The number of amides is 1. The second-order valence-corrected chi connectivity index (χ2v) is 8.40. The van der Waals surface area contributed by atoms with Crippen LogP contribution in [0.5, 0.6) is 5.75 Å². The van der Waals surface area contributed by atoms with E-state index in [1.807, 2.05) is 38.1 Å². The summed E-state index contributed by atoms with van der Waals surface area (Å²) in [5.74, 6) is 0.966. The first-order chi connectivity index (χ1) is 11.9. The van der Waals surface area contributed by atoms with Crippen LogP contribution in [-0.2, 0) is 21.2 Å². The Balaban J connectivity index is 1.78. The molecule has 7 heteroatoms. The van der Waals surface area contributed by atoms with Gasteiger partial charge < -0.3 is 10.1 Å². The summed E-state index contributed by atoms with van der Waals surface area (Å²) >= 11 is 0. The first-order valence-electron chi connectivity index (χ1n) is 8.93. The summed E-state index contributed by atoms with van der Waals surface area (Å²) in [5, 5.41) is 3.02. The summed E-state index contributed by atoms with van der Waals surface area (Å²) < 4.78 is 31.1. The van der Waals surface area contributed by atoms with Crippen molar-refractivity contribution in [2.45, 2.75) is 45.6 Å². The second-order valence-electron chi connectivity index (χ2n) is 6.31. The van der Waals surface area contributed by atoms with E-state index in [9.17, 15) is 13.2 Å². The van der Waals surface area contributed by atoms with Crippen LogP contribution in [0, 0.1) is 0 Å². The molecule has 0 aliphatic carbocycles. The number of rotatable bonds is 8.